The van der Waals surface area contributed by atoms with Gasteiger partial charge in [0.1, 0.15) is 0 Å². The molecule has 0 fully saturated rings. The summed E-state index contributed by atoms with van der Waals surface area (Å²) >= 11 is 0. The molecule has 0 aliphatic carbocycles. The number of halogens is 3. The minimum atomic E-state index is -4.58. The van der Waals surface area contributed by atoms with E-state index >= 15 is 0 Å². The van der Waals surface area contributed by atoms with Crippen LogP contribution in [0.25, 0.3) is 0 Å². The number of benzene rings is 3. The van der Waals surface area contributed by atoms with Crippen LogP contribution in [0.3, 0.4) is 0 Å². The molecule has 0 spiro atoms. The van der Waals surface area contributed by atoms with Crippen molar-refractivity contribution in [2.45, 2.75) is 20.0 Å². The molecule has 0 saturated carbocycles. The maximum absolute atomic E-state index is 13.0. The molecule has 3 aromatic carbocycles. The first-order chi connectivity index (χ1) is 17.0. The Kier molecular flexibility index (Phi) is 6.36. The van der Waals surface area contributed by atoms with Crippen molar-refractivity contribution >= 4 is 35.1 Å². The average molecular weight is 496 g/mol. The maximum atomic E-state index is 13.0. The number of alkyl halides is 3. The first kappa shape index (κ1) is 24.6. The summed E-state index contributed by atoms with van der Waals surface area (Å²) in [5.41, 5.74) is 1.13. The molecule has 1 N–H and O–H groups in total. The highest BCUT2D eigenvalue weighted by Crippen LogP contribution is 2.33. The molecule has 1 aliphatic rings. The molecule has 36 heavy (non-hydrogen) atoms. The Labute approximate surface area is 203 Å². The molecule has 3 amide bonds. The van der Waals surface area contributed by atoms with Gasteiger partial charge in [-0.2, -0.15) is 13.2 Å². The van der Waals surface area contributed by atoms with Gasteiger partial charge in [0.05, 0.1) is 27.9 Å². The van der Waals surface area contributed by atoms with Gasteiger partial charge < -0.3 is 10.1 Å². The average Bonchev–Trinajstić information content (AvgIpc) is 3.08. The van der Waals surface area contributed by atoms with Crippen LogP contribution >= 0.6 is 0 Å². The summed E-state index contributed by atoms with van der Waals surface area (Å²) in [5.74, 6) is -2.91. The van der Waals surface area contributed by atoms with E-state index in [4.69, 9.17) is 4.74 Å². The smallest absolute Gasteiger partial charge is 0.416 e. The van der Waals surface area contributed by atoms with E-state index in [-0.39, 0.29) is 22.4 Å². The lowest BCUT2D eigenvalue weighted by Gasteiger charge is -2.17. The van der Waals surface area contributed by atoms with Crippen LogP contribution in [0.1, 0.15) is 47.8 Å². The summed E-state index contributed by atoms with van der Waals surface area (Å²) in [5, 5.41) is 2.23. The third kappa shape index (κ3) is 4.70. The van der Waals surface area contributed by atoms with E-state index in [0.29, 0.717) is 5.69 Å². The van der Waals surface area contributed by atoms with Gasteiger partial charge in [0.2, 0.25) is 0 Å². The van der Waals surface area contributed by atoms with Crippen LogP contribution in [0, 0.1) is 13.8 Å². The van der Waals surface area contributed by atoms with Crippen molar-refractivity contribution in [1.29, 1.82) is 0 Å². The Hall–Kier alpha value is -4.47. The maximum Gasteiger partial charge on any atom is 0.416 e. The largest absolute Gasteiger partial charge is 0.452 e. The van der Waals surface area contributed by atoms with E-state index in [1.165, 1.54) is 24.3 Å². The highest BCUT2D eigenvalue weighted by atomic mass is 19.4. The van der Waals surface area contributed by atoms with Gasteiger partial charge in [0, 0.05) is 5.69 Å². The number of fused-ring (bicyclic) bond motifs is 1. The van der Waals surface area contributed by atoms with E-state index in [2.05, 4.69) is 5.32 Å². The van der Waals surface area contributed by atoms with Crippen LogP contribution in [0.2, 0.25) is 0 Å². The van der Waals surface area contributed by atoms with E-state index in [0.717, 1.165) is 34.2 Å². The third-order valence-electron chi connectivity index (χ3n) is 5.75. The van der Waals surface area contributed by atoms with Gasteiger partial charge in [-0.1, -0.05) is 18.2 Å². The van der Waals surface area contributed by atoms with Gasteiger partial charge in [-0.3, -0.25) is 14.4 Å². The Morgan fingerprint density at radius 2 is 1.61 bits per heavy atom. The van der Waals surface area contributed by atoms with Crippen LogP contribution in [-0.2, 0) is 15.7 Å². The number of aryl methyl sites for hydroxylation is 1. The fourth-order valence-corrected chi connectivity index (χ4v) is 3.75. The lowest BCUT2D eigenvalue weighted by molar-refractivity contribution is -0.137. The van der Waals surface area contributed by atoms with E-state index in [9.17, 15) is 32.3 Å². The van der Waals surface area contributed by atoms with Crippen LogP contribution in [0.15, 0.2) is 60.7 Å². The first-order valence-electron chi connectivity index (χ1n) is 10.7. The van der Waals surface area contributed by atoms with Gasteiger partial charge in [-0.25, -0.2) is 9.69 Å². The predicted octanol–water partition coefficient (Wildman–Crippen LogP) is 4.92. The number of carbonyl (C=O) groups is 4. The molecule has 0 saturated heterocycles. The Morgan fingerprint density at radius 1 is 0.917 bits per heavy atom. The Bertz CT molecular complexity index is 1410. The van der Waals surface area contributed by atoms with Gasteiger partial charge in [0.25, 0.3) is 17.7 Å². The van der Waals surface area contributed by atoms with E-state index in [1.54, 1.807) is 19.1 Å². The third-order valence-corrected chi connectivity index (χ3v) is 5.75. The van der Waals surface area contributed by atoms with E-state index in [1.807, 2.05) is 13.0 Å². The van der Waals surface area contributed by atoms with Crippen molar-refractivity contribution in [1.82, 2.24) is 0 Å². The second kappa shape index (κ2) is 9.29. The summed E-state index contributed by atoms with van der Waals surface area (Å²) in [7, 11) is 0. The molecule has 0 aromatic heterocycles. The number of amides is 3. The molecule has 1 heterocycles. The van der Waals surface area contributed by atoms with E-state index < -0.39 is 42.0 Å². The summed E-state index contributed by atoms with van der Waals surface area (Å²) < 4.78 is 43.4. The van der Waals surface area contributed by atoms with Crippen molar-refractivity contribution in [2.75, 3.05) is 16.8 Å². The van der Waals surface area contributed by atoms with Crippen LogP contribution in [0.4, 0.5) is 24.5 Å². The zero-order chi connectivity index (χ0) is 26.2. The monoisotopic (exact) mass is 496 g/mol. The molecule has 4 rings (SSSR count). The zero-order valence-electron chi connectivity index (χ0n) is 19.1. The van der Waals surface area contributed by atoms with Crippen molar-refractivity contribution in [2.24, 2.45) is 0 Å². The predicted molar refractivity (Wildman–Crippen MR) is 124 cm³/mol. The second-order valence-electron chi connectivity index (χ2n) is 8.13. The van der Waals surface area contributed by atoms with Crippen LogP contribution < -0.4 is 10.2 Å². The number of hydrogen-bond donors (Lipinski definition) is 1. The normalized spacial score (nSPS) is 13.0. The molecular formula is C26H19F3N2O5. The molecule has 1 aliphatic heterocycles. The minimum Gasteiger partial charge on any atom is -0.452 e. The molecule has 184 valence electrons. The van der Waals surface area contributed by atoms with Crippen molar-refractivity contribution < 1.29 is 37.1 Å². The number of esters is 1. The highest BCUT2D eigenvalue weighted by Gasteiger charge is 2.38. The quantitative estimate of drug-likeness (QED) is 0.400. The van der Waals surface area contributed by atoms with Gasteiger partial charge in [-0.15, -0.1) is 0 Å². The molecule has 0 radical (unpaired) electrons. The molecule has 7 nitrogen and oxygen atoms in total. The fourth-order valence-electron chi connectivity index (χ4n) is 3.75. The molecular weight excluding hydrogens is 477 g/mol. The highest BCUT2D eigenvalue weighted by molar-refractivity contribution is 6.35. The number of nitrogens with one attached hydrogen (secondary N) is 1. The van der Waals surface area contributed by atoms with Gasteiger partial charge in [-0.05, 0) is 67.4 Å². The molecule has 0 bridgehead atoms. The van der Waals surface area contributed by atoms with Crippen molar-refractivity contribution in [3.63, 3.8) is 0 Å². The van der Waals surface area contributed by atoms with Crippen LogP contribution in [-0.4, -0.2) is 30.3 Å². The SMILES string of the molecule is Cc1cccc(N2C(=O)c3ccc(C(=O)OCC(=O)Nc4cccc(C(F)(F)F)c4)cc3C2=O)c1C. The Morgan fingerprint density at radius 3 is 2.33 bits per heavy atom. The minimum absolute atomic E-state index is 0.0174. The summed E-state index contributed by atoms with van der Waals surface area (Å²) in [6.07, 6.45) is -4.58. The topological polar surface area (TPSA) is 92.8 Å². The summed E-state index contributed by atoms with van der Waals surface area (Å²) in [6, 6.07) is 13.1. The number of nitrogens with zero attached hydrogens (tertiary/aromatic N) is 1. The summed E-state index contributed by atoms with van der Waals surface area (Å²) in [4.78, 5) is 51.5. The number of imide groups is 1. The number of hydrogen-bond acceptors (Lipinski definition) is 5. The standard InChI is InChI=1S/C26H19F3N2O5/c1-14-5-3-8-21(15(14)2)31-23(33)19-10-9-16(11-20(19)24(31)34)25(35)36-13-22(32)30-18-7-4-6-17(12-18)26(27,28)29/h3-12H,13H2,1-2H3,(H,30,32). The molecule has 3 aromatic rings. The molecule has 10 heteroatoms. The fraction of sp³-hybridized carbons (Fsp3) is 0.154. The first-order valence-corrected chi connectivity index (χ1v) is 10.7. The molecule has 0 unspecified atom stereocenters. The summed E-state index contributed by atoms with van der Waals surface area (Å²) in [6.45, 7) is 2.88. The van der Waals surface area contributed by atoms with Crippen LogP contribution in [0.5, 0.6) is 0 Å². The van der Waals surface area contributed by atoms with Crippen molar-refractivity contribution in [3.8, 4) is 0 Å². The molecule has 0 atom stereocenters. The number of anilines is 2. The number of ether oxygens (including phenoxy) is 1. The van der Waals surface area contributed by atoms with Gasteiger partial charge >= 0.3 is 12.1 Å². The second-order valence-corrected chi connectivity index (χ2v) is 8.13. The van der Waals surface area contributed by atoms with Crippen molar-refractivity contribution in [3.05, 3.63) is 94.0 Å². The lowest BCUT2D eigenvalue weighted by atomic mass is 10.1. The van der Waals surface area contributed by atoms with Gasteiger partial charge in [0.15, 0.2) is 6.61 Å². The number of rotatable bonds is 5. The Balaban J connectivity index is 1.45. The zero-order valence-corrected chi connectivity index (χ0v) is 19.1. The number of carbonyl (C=O) groups excluding carboxylic acids is 4. The lowest BCUT2D eigenvalue weighted by Crippen LogP contribution is -2.30.